The molecule has 0 aliphatic carbocycles. The second-order valence-electron chi connectivity index (χ2n) is 6.86. The van der Waals surface area contributed by atoms with Crippen LogP contribution in [0.2, 0.25) is 5.02 Å². The van der Waals surface area contributed by atoms with Crippen molar-refractivity contribution in [2.75, 3.05) is 11.4 Å². The third-order valence-corrected chi connectivity index (χ3v) is 5.45. The van der Waals surface area contributed by atoms with Crippen molar-refractivity contribution in [1.29, 1.82) is 0 Å². The summed E-state index contributed by atoms with van der Waals surface area (Å²) in [6.07, 6.45) is 1.39. The smallest absolute Gasteiger partial charge is 0.257 e. The van der Waals surface area contributed by atoms with Gasteiger partial charge >= 0.3 is 0 Å². The number of nitrogens with zero attached hydrogens (tertiary/aromatic N) is 2. The standard InChI is InChI=1S/C22H23ClN2O3/c1-3-16-8-10-18(11-9-16)25-21(27)14-20(22(25)28)24(15(2)26)13-12-17-6-4-5-7-19(17)23/h4-11,20H,3,12-14H2,1-2H3/t20-/m0/s1. The summed E-state index contributed by atoms with van der Waals surface area (Å²) < 4.78 is 0. The predicted molar refractivity (Wildman–Crippen MR) is 109 cm³/mol. The zero-order valence-corrected chi connectivity index (χ0v) is 16.8. The number of amides is 3. The molecule has 28 heavy (non-hydrogen) atoms. The van der Waals surface area contributed by atoms with Crippen molar-refractivity contribution in [3.05, 3.63) is 64.7 Å². The quantitative estimate of drug-likeness (QED) is 0.698. The van der Waals surface area contributed by atoms with Crippen molar-refractivity contribution in [2.24, 2.45) is 0 Å². The first-order valence-corrected chi connectivity index (χ1v) is 9.76. The van der Waals surface area contributed by atoms with Gasteiger partial charge in [-0.15, -0.1) is 0 Å². The summed E-state index contributed by atoms with van der Waals surface area (Å²) in [5, 5.41) is 0.623. The minimum absolute atomic E-state index is 0.00351. The third kappa shape index (κ3) is 4.09. The van der Waals surface area contributed by atoms with E-state index < -0.39 is 6.04 Å². The van der Waals surface area contributed by atoms with Gasteiger partial charge in [0.2, 0.25) is 11.8 Å². The SMILES string of the molecule is CCc1ccc(N2C(=O)C[C@H](N(CCc3ccccc3Cl)C(C)=O)C2=O)cc1. The van der Waals surface area contributed by atoms with E-state index in [2.05, 4.69) is 0 Å². The van der Waals surface area contributed by atoms with E-state index >= 15 is 0 Å². The van der Waals surface area contributed by atoms with Crippen molar-refractivity contribution in [2.45, 2.75) is 39.2 Å². The summed E-state index contributed by atoms with van der Waals surface area (Å²) in [5.41, 5.74) is 2.58. The summed E-state index contributed by atoms with van der Waals surface area (Å²) in [6, 6.07) is 14.0. The number of rotatable bonds is 6. The second-order valence-corrected chi connectivity index (χ2v) is 7.27. The van der Waals surface area contributed by atoms with Gasteiger partial charge in [0.1, 0.15) is 6.04 Å². The molecule has 2 aromatic carbocycles. The Morgan fingerprint density at radius 3 is 2.43 bits per heavy atom. The van der Waals surface area contributed by atoms with Crippen LogP contribution in [0, 0.1) is 0 Å². The monoisotopic (exact) mass is 398 g/mol. The molecule has 1 aliphatic heterocycles. The predicted octanol–water partition coefficient (Wildman–Crippen LogP) is 3.63. The molecule has 1 atom stereocenters. The first-order chi connectivity index (χ1) is 13.4. The number of benzene rings is 2. The number of carbonyl (C=O) groups is 3. The van der Waals surface area contributed by atoms with Gasteiger partial charge in [0.15, 0.2) is 0 Å². The minimum Gasteiger partial charge on any atom is -0.330 e. The van der Waals surface area contributed by atoms with E-state index in [9.17, 15) is 14.4 Å². The number of aryl methyl sites for hydroxylation is 1. The van der Waals surface area contributed by atoms with E-state index in [0.29, 0.717) is 23.7 Å². The molecule has 1 fully saturated rings. The lowest BCUT2D eigenvalue weighted by molar-refractivity contribution is -0.136. The van der Waals surface area contributed by atoms with Gasteiger partial charge in [0, 0.05) is 18.5 Å². The molecule has 0 aromatic heterocycles. The normalized spacial score (nSPS) is 16.5. The van der Waals surface area contributed by atoms with Gasteiger partial charge in [-0.25, -0.2) is 4.90 Å². The molecule has 3 amide bonds. The molecule has 0 spiro atoms. The molecule has 3 rings (SSSR count). The number of halogens is 1. The lowest BCUT2D eigenvalue weighted by Gasteiger charge is -2.26. The summed E-state index contributed by atoms with van der Waals surface area (Å²) in [6.45, 7) is 3.79. The Bertz CT molecular complexity index is 895. The van der Waals surface area contributed by atoms with Crippen LogP contribution in [0.25, 0.3) is 0 Å². The van der Waals surface area contributed by atoms with E-state index in [-0.39, 0.29) is 24.1 Å². The Balaban J connectivity index is 1.78. The number of imide groups is 1. The fraction of sp³-hybridized carbons (Fsp3) is 0.318. The van der Waals surface area contributed by atoms with Crippen LogP contribution in [0.4, 0.5) is 5.69 Å². The first kappa shape index (κ1) is 20.1. The topological polar surface area (TPSA) is 57.7 Å². The molecule has 1 saturated heterocycles. The molecular weight excluding hydrogens is 376 g/mol. The Hall–Kier alpha value is -2.66. The van der Waals surface area contributed by atoms with Crippen LogP contribution in [0.3, 0.4) is 0 Å². The molecule has 1 heterocycles. The molecule has 0 unspecified atom stereocenters. The Morgan fingerprint density at radius 2 is 1.82 bits per heavy atom. The summed E-state index contributed by atoms with van der Waals surface area (Å²) in [7, 11) is 0. The number of anilines is 1. The van der Waals surface area contributed by atoms with E-state index in [1.54, 1.807) is 18.2 Å². The number of hydrogen-bond donors (Lipinski definition) is 0. The Labute approximate surface area is 169 Å². The highest BCUT2D eigenvalue weighted by atomic mass is 35.5. The molecule has 0 bridgehead atoms. The molecule has 1 aliphatic rings. The van der Waals surface area contributed by atoms with Crippen LogP contribution >= 0.6 is 11.6 Å². The average molecular weight is 399 g/mol. The average Bonchev–Trinajstić information content (AvgIpc) is 2.97. The van der Waals surface area contributed by atoms with Crippen molar-refractivity contribution >= 4 is 35.0 Å². The Morgan fingerprint density at radius 1 is 1.14 bits per heavy atom. The Kier molecular flexibility index (Phi) is 6.15. The van der Waals surface area contributed by atoms with E-state index in [4.69, 9.17) is 11.6 Å². The summed E-state index contributed by atoms with van der Waals surface area (Å²) in [5.74, 6) is -0.881. The fourth-order valence-electron chi connectivity index (χ4n) is 3.49. The van der Waals surface area contributed by atoms with Gasteiger partial charge in [0.25, 0.3) is 5.91 Å². The molecule has 6 heteroatoms. The third-order valence-electron chi connectivity index (χ3n) is 5.09. The maximum Gasteiger partial charge on any atom is 0.257 e. The second kappa shape index (κ2) is 8.57. The highest BCUT2D eigenvalue weighted by Crippen LogP contribution is 2.27. The molecule has 2 aromatic rings. The largest absolute Gasteiger partial charge is 0.330 e. The fourth-order valence-corrected chi connectivity index (χ4v) is 3.72. The minimum atomic E-state index is -0.779. The highest BCUT2D eigenvalue weighted by molar-refractivity contribution is 6.31. The lowest BCUT2D eigenvalue weighted by Crippen LogP contribution is -2.45. The van der Waals surface area contributed by atoms with Gasteiger partial charge in [-0.05, 0) is 42.2 Å². The van der Waals surface area contributed by atoms with Crippen LogP contribution in [0.5, 0.6) is 0 Å². The number of carbonyl (C=O) groups excluding carboxylic acids is 3. The van der Waals surface area contributed by atoms with E-state index in [0.717, 1.165) is 17.5 Å². The van der Waals surface area contributed by atoms with Crippen LogP contribution in [0.15, 0.2) is 48.5 Å². The maximum absolute atomic E-state index is 13.0. The van der Waals surface area contributed by atoms with Crippen molar-refractivity contribution in [3.8, 4) is 0 Å². The molecule has 0 saturated carbocycles. The molecule has 146 valence electrons. The maximum atomic E-state index is 13.0. The highest BCUT2D eigenvalue weighted by Gasteiger charge is 2.43. The van der Waals surface area contributed by atoms with Crippen LogP contribution in [-0.2, 0) is 27.2 Å². The number of hydrogen-bond acceptors (Lipinski definition) is 3. The lowest BCUT2D eigenvalue weighted by atomic mass is 10.1. The molecule has 0 radical (unpaired) electrons. The van der Waals surface area contributed by atoms with Crippen LogP contribution in [0.1, 0.15) is 31.4 Å². The first-order valence-electron chi connectivity index (χ1n) is 9.38. The van der Waals surface area contributed by atoms with Gasteiger partial charge < -0.3 is 4.90 Å². The van der Waals surface area contributed by atoms with Gasteiger partial charge in [-0.3, -0.25) is 14.4 Å². The summed E-state index contributed by atoms with van der Waals surface area (Å²) >= 11 is 6.19. The molecule has 5 nitrogen and oxygen atoms in total. The summed E-state index contributed by atoms with van der Waals surface area (Å²) in [4.78, 5) is 40.4. The molecular formula is C22H23ClN2O3. The van der Waals surface area contributed by atoms with Gasteiger partial charge in [0.05, 0.1) is 12.1 Å². The van der Waals surface area contributed by atoms with Crippen LogP contribution < -0.4 is 4.90 Å². The van der Waals surface area contributed by atoms with E-state index in [1.165, 1.54) is 16.7 Å². The zero-order valence-electron chi connectivity index (χ0n) is 16.0. The van der Waals surface area contributed by atoms with E-state index in [1.807, 2.05) is 37.3 Å². The zero-order chi connectivity index (χ0) is 20.3. The van der Waals surface area contributed by atoms with Crippen LogP contribution in [-0.4, -0.2) is 35.2 Å². The van der Waals surface area contributed by atoms with Gasteiger partial charge in [-0.1, -0.05) is 48.9 Å². The molecule has 0 N–H and O–H groups in total. The van der Waals surface area contributed by atoms with Crippen molar-refractivity contribution in [3.63, 3.8) is 0 Å². The van der Waals surface area contributed by atoms with Crippen molar-refractivity contribution < 1.29 is 14.4 Å². The van der Waals surface area contributed by atoms with Gasteiger partial charge in [-0.2, -0.15) is 0 Å². The van der Waals surface area contributed by atoms with Crippen molar-refractivity contribution in [1.82, 2.24) is 4.90 Å².